The van der Waals surface area contributed by atoms with Crippen LogP contribution in [-0.2, 0) is 9.47 Å². The van der Waals surface area contributed by atoms with Crippen LogP contribution in [0.15, 0.2) is 84.7 Å². The number of rotatable bonds is 6. The summed E-state index contributed by atoms with van der Waals surface area (Å²) in [6.45, 7) is 8.22. The van der Waals surface area contributed by atoms with Crippen LogP contribution >= 0.6 is 0 Å². The van der Waals surface area contributed by atoms with Gasteiger partial charge in [0.1, 0.15) is 19.3 Å². The van der Waals surface area contributed by atoms with Crippen LogP contribution in [0.1, 0.15) is 33.3 Å². The predicted molar refractivity (Wildman–Crippen MR) is 151 cm³/mol. The van der Waals surface area contributed by atoms with E-state index in [1.807, 2.05) is 64.1 Å². The molecule has 0 radical (unpaired) electrons. The number of allylic oxidation sites excluding steroid dienone is 1. The molecule has 2 aromatic carbocycles. The first-order chi connectivity index (χ1) is 19.7. The topological polar surface area (TPSA) is 103 Å². The van der Waals surface area contributed by atoms with E-state index in [0.29, 0.717) is 46.0 Å². The van der Waals surface area contributed by atoms with Gasteiger partial charge in [-0.2, -0.15) is 0 Å². The molecule has 1 spiro atoms. The summed E-state index contributed by atoms with van der Waals surface area (Å²) in [5, 5.41) is 2.43. The van der Waals surface area contributed by atoms with Crippen molar-refractivity contribution in [3.05, 3.63) is 82.6 Å². The molecule has 5 heterocycles. The number of hydrogen-bond donors (Lipinski definition) is 0. The van der Waals surface area contributed by atoms with Crippen LogP contribution in [0.2, 0.25) is 0 Å². The zero-order valence-corrected chi connectivity index (χ0v) is 23.0. The lowest BCUT2D eigenvalue weighted by atomic mass is 10.0. The van der Waals surface area contributed by atoms with Crippen molar-refractivity contribution in [1.29, 1.82) is 0 Å². The third kappa shape index (κ3) is 4.38. The third-order valence-corrected chi connectivity index (χ3v) is 7.26. The van der Waals surface area contributed by atoms with E-state index in [-0.39, 0.29) is 6.61 Å². The highest BCUT2D eigenvalue weighted by Crippen LogP contribution is 2.49. The first-order valence-electron chi connectivity index (χ1n) is 13.3. The second kappa shape index (κ2) is 9.29. The fraction of sp³-hybridized carbons (Fsp3) is 0.281. The molecule has 1 saturated heterocycles. The lowest BCUT2D eigenvalue weighted by Crippen LogP contribution is -2.39. The highest BCUT2D eigenvalue weighted by Gasteiger charge is 2.55. The molecule has 0 unspecified atom stereocenters. The maximum absolute atomic E-state index is 12.0. The number of fused-ring (bicyclic) bond motifs is 4. The van der Waals surface area contributed by atoms with Gasteiger partial charge < -0.3 is 36.9 Å². The molecule has 9 nitrogen and oxygen atoms in total. The van der Waals surface area contributed by atoms with Crippen LogP contribution in [0.5, 0.6) is 17.2 Å². The fourth-order valence-electron chi connectivity index (χ4n) is 5.15. The van der Waals surface area contributed by atoms with Gasteiger partial charge in [-0.25, -0.2) is 4.79 Å². The normalized spacial score (nSPS) is 20.9. The molecule has 0 saturated carbocycles. The molecule has 7 rings (SSSR count). The van der Waals surface area contributed by atoms with E-state index >= 15 is 0 Å². The molecule has 3 aromatic heterocycles. The van der Waals surface area contributed by atoms with Crippen molar-refractivity contribution in [3.8, 4) is 17.2 Å². The van der Waals surface area contributed by atoms with Crippen LogP contribution in [0.3, 0.4) is 0 Å². The molecule has 0 bridgehead atoms. The van der Waals surface area contributed by atoms with E-state index in [0.717, 1.165) is 21.9 Å². The number of benzene rings is 2. The molecule has 0 aliphatic carbocycles. The average molecular weight is 557 g/mol. The lowest BCUT2D eigenvalue weighted by Gasteiger charge is -2.31. The van der Waals surface area contributed by atoms with Crippen molar-refractivity contribution in [1.82, 2.24) is 0 Å². The Balaban J connectivity index is 1.20. The summed E-state index contributed by atoms with van der Waals surface area (Å²) in [6, 6.07) is 10.6. The van der Waals surface area contributed by atoms with Crippen molar-refractivity contribution in [2.24, 2.45) is 0 Å². The molecule has 0 N–H and O–H groups in total. The smallest absolute Gasteiger partial charge is 0.350 e. The first kappa shape index (κ1) is 25.5. The minimum Gasteiger partial charge on any atom is -0.483 e. The summed E-state index contributed by atoms with van der Waals surface area (Å²) in [4.78, 5) is 12.0. The molecule has 41 heavy (non-hydrogen) atoms. The molecular weight excluding hydrogens is 528 g/mol. The van der Waals surface area contributed by atoms with Crippen LogP contribution in [0.25, 0.3) is 39.0 Å². The fourth-order valence-corrected chi connectivity index (χ4v) is 5.15. The zero-order valence-electron chi connectivity index (χ0n) is 23.0. The molecule has 5 aromatic rings. The van der Waals surface area contributed by atoms with Crippen molar-refractivity contribution in [2.75, 3.05) is 13.2 Å². The van der Waals surface area contributed by atoms with E-state index in [2.05, 4.69) is 0 Å². The van der Waals surface area contributed by atoms with Crippen molar-refractivity contribution in [2.45, 2.75) is 45.4 Å². The second-order valence-electron chi connectivity index (χ2n) is 10.9. The van der Waals surface area contributed by atoms with Gasteiger partial charge in [0, 0.05) is 33.9 Å². The molecular formula is C32H28O9. The van der Waals surface area contributed by atoms with Gasteiger partial charge >= 0.3 is 11.6 Å². The standard InChI is InChI=1S/C32H28O9/c1-18(2)8-12-36-30-26-22(10-14-35-26)16-20-7-11-32(40-28(20)30)39-23(31(3,4)41-32)17-37-29-25-21(9-13-34-25)15-19-5-6-24(33)38-27(19)29/h5-11,13-16,23H,12,17H2,1-4H3/t23-,32+/m1/s1. The van der Waals surface area contributed by atoms with E-state index in [1.54, 1.807) is 24.7 Å². The van der Waals surface area contributed by atoms with Gasteiger partial charge in [0.2, 0.25) is 11.5 Å². The largest absolute Gasteiger partial charge is 0.483 e. The number of furan rings is 2. The van der Waals surface area contributed by atoms with E-state index in [1.165, 1.54) is 6.07 Å². The summed E-state index contributed by atoms with van der Waals surface area (Å²) in [5.74, 6) is -0.270. The van der Waals surface area contributed by atoms with E-state index < -0.39 is 23.3 Å². The van der Waals surface area contributed by atoms with Crippen LogP contribution in [-0.4, -0.2) is 30.9 Å². The van der Waals surface area contributed by atoms with Gasteiger partial charge in [-0.1, -0.05) is 5.57 Å². The highest BCUT2D eigenvalue weighted by atomic mass is 16.9. The molecule has 9 heteroatoms. The van der Waals surface area contributed by atoms with Gasteiger partial charge in [-0.3, -0.25) is 0 Å². The van der Waals surface area contributed by atoms with Crippen molar-refractivity contribution in [3.63, 3.8) is 0 Å². The molecule has 2 aliphatic rings. The van der Waals surface area contributed by atoms with E-state index in [4.69, 9.17) is 36.9 Å². The quantitative estimate of drug-likeness (QED) is 0.162. The summed E-state index contributed by atoms with van der Waals surface area (Å²) < 4.78 is 48.6. The molecule has 1 fully saturated rings. The van der Waals surface area contributed by atoms with Crippen LogP contribution in [0.4, 0.5) is 0 Å². The Morgan fingerprint density at radius 3 is 2.44 bits per heavy atom. The Kier molecular flexibility index (Phi) is 5.78. The Bertz CT molecular complexity index is 1910. The molecule has 0 amide bonds. The van der Waals surface area contributed by atoms with Crippen LogP contribution < -0.4 is 19.8 Å². The number of hydrogen-bond acceptors (Lipinski definition) is 9. The summed E-state index contributed by atoms with van der Waals surface area (Å²) in [7, 11) is 0. The Morgan fingerprint density at radius 1 is 0.927 bits per heavy atom. The summed E-state index contributed by atoms with van der Waals surface area (Å²) >= 11 is 0. The van der Waals surface area contributed by atoms with Gasteiger partial charge in [0.15, 0.2) is 22.5 Å². The minimum absolute atomic E-state index is 0.0630. The van der Waals surface area contributed by atoms with Gasteiger partial charge in [-0.15, -0.1) is 0 Å². The number of ether oxygens (including phenoxy) is 5. The maximum atomic E-state index is 12.0. The summed E-state index contributed by atoms with van der Waals surface area (Å²) in [6.07, 6.45) is 8.22. The van der Waals surface area contributed by atoms with Crippen LogP contribution in [0, 0.1) is 0 Å². The van der Waals surface area contributed by atoms with Gasteiger partial charge in [-0.05, 0) is 70.2 Å². The van der Waals surface area contributed by atoms with Crippen molar-refractivity contribution >= 4 is 39.0 Å². The van der Waals surface area contributed by atoms with Gasteiger partial charge in [0.25, 0.3) is 0 Å². The minimum atomic E-state index is -1.52. The SMILES string of the molecule is CC(C)=CCOc1c2c(cc3ccoc13)C=C[C@@]1(O2)O[C@H](COc2c3occc3cc3ccc(=O)oc23)C(C)(C)O1. The average Bonchev–Trinajstić information content (AvgIpc) is 3.64. The molecule has 2 aliphatic heterocycles. The maximum Gasteiger partial charge on any atom is 0.350 e. The van der Waals surface area contributed by atoms with Crippen molar-refractivity contribution < 1.29 is 36.9 Å². The Hall–Kier alpha value is -4.47. The first-order valence-corrected chi connectivity index (χ1v) is 13.3. The third-order valence-electron chi connectivity index (χ3n) is 7.26. The van der Waals surface area contributed by atoms with E-state index in [9.17, 15) is 4.79 Å². The van der Waals surface area contributed by atoms with Gasteiger partial charge in [0.05, 0.1) is 18.1 Å². The molecule has 2 atom stereocenters. The Labute approximate surface area is 234 Å². The molecule has 210 valence electrons. The zero-order chi connectivity index (χ0) is 28.4. The lowest BCUT2D eigenvalue weighted by molar-refractivity contribution is -0.271. The monoisotopic (exact) mass is 556 g/mol. The highest BCUT2D eigenvalue weighted by molar-refractivity contribution is 6.00. The second-order valence-corrected chi connectivity index (χ2v) is 10.9. The summed E-state index contributed by atoms with van der Waals surface area (Å²) in [5.41, 5.74) is 1.98. The predicted octanol–water partition coefficient (Wildman–Crippen LogP) is 6.96. The Morgan fingerprint density at radius 2 is 1.66 bits per heavy atom.